The van der Waals surface area contributed by atoms with Gasteiger partial charge in [0.2, 0.25) is 0 Å². The molecule has 0 aromatic carbocycles. The summed E-state index contributed by atoms with van der Waals surface area (Å²) in [7, 11) is 0. The third kappa shape index (κ3) is 2.50. The van der Waals surface area contributed by atoms with E-state index in [2.05, 4.69) is 40.3 Å². The van der Waals surface area contributed by atoms with E-state index >= 15 is 0 Å². The Balaban J connectivity index is 2.47. The summed E-state index contributed by atoms with van der Waals surface area (Å²) in [4.78, 5) is 8.52. The Labute approximate surface area is 101 Å². The van der Waals surface area contributed by atoms with E-state index in [0.717, 1.165) is 24.6 Å². The summed E-state index contributed by atoms with van der Waals surface area (Å²) in [6.45, 7) is 7.91. The van der Waals surface area contributed by atoms with Crippen molar-refractivity contribution in [3.8, 4) is 5.82 Å². The largest absolute Gasteiger partial charge is 0.313 e. The molecule has 0 radical (unpaired) electrons. The van der Waals surface area contributed by atoms with Gasteiger partial charge >= 0.3 is 0 Å². The zero-order valence-electron chi connectivity index (χ0n) is 10.4. The second-order valence-electron chi connectivity index (χ2n) is 4.00. The van der Waals surface area contributed by atoms with Gasteiger partial charge in [0, 0.05) is 17.8 Å². The van der Waals surface area contributed by atoms with Crippen molar-refractivity contribution >= 4 is 0 Å². The number of aromatic nitrogens is 4. The fourth-order valence-corrected chi connectivity index (χ4v) is 1.82. The molecule has 2 aromatic heterocycles. The Morgan fingerprint density at radius 1 is 1.35 bits per heavy atom. The van der Waals surface area contributed by atoms with E-state index in [1.807, 2.05) is 6.92 Å². The fourth-order valence-electron chi connectivity index (χ4n) is 1.82. The Bertz CT molecular complexity index is 490. The van der Waals surface area contributed by atoms with Crippen molar-refractivity contribution in [2.45, 2.75) is 27.3 Å². The van der Waals surface area contributed by atoms with Crippen molar-refractivity contribution in [3.63, 3.8) is 0 Å². The highest BCUT2D eigenvalue weighted by Gasteiger charge is 2.10. The van der Waals surface area contributed by atoms with Crippen molar-refractivity contribution in [3.05, 3.63) is 35.5 Å². The van der Waals surface area contributed by atoms with Crippen LogP contribution >= 0.6 is 0 Å². The lowest BCUT2D eigenvalue weighted by Gasteiger charge is -2.12. The van der Waals surface area contributed by atoms with Gasteiger partial charge in [-0.15, -0.1) is 0 Å². The smallest absolute Gasteiger partial charge is 0.160 e. The molecule has 0 fully saturated rings. The van der Waals surface area contributed by atoms with Gasteiger partial charge in [-0.3, -0.25) is 0 Å². The van der Waals surface area contributed by atoms with Gasteiger partial charge < -0.3 is 5.32 Å². The van der Waals surface area contributed by atoms with Gasteiger partial charge in [0.05, 0.1) is 0 Å². The van der Waals surface area contributed by atoms with Crippen LogP contribution in [0.5, 0.6) is 0 Å². The molecule has 2 aromatic rings. The number of nitrogens with zero attached hydrogens (tertiary/aromatic N) is 4. The number of hydrogen-bond donors (Lipinski definition) is 1. The third-order valence-corrected chi connectivity index (χ3v) is 2.64. The molecule has 1 N–H and O–H groups in total. The summed E-state index contributed by atoms with van der Waals surface area (Å²) in [5.74, 6) is 0.862. The van der Waals surface area contributed by atoms with Crippen molar-refractivity contribution in [2.75, 3.05) is 6.54 Å². The number of aryl methyl sites for hydroxylation is 2. The molecule has 0 unspecified atom stereocenters. The summed E-state index contributed by atoms with van der Waals surface area (Å²) >= 11 is 0. The molecular weight excluding hydrogens is 214 g/mol. The van der Waals surface area contributed by atoms with Gasteiger partial charge in [0.15, 0.2) is 5.82 Å². The maximum Gasteiger partial charge on any atom is 0.160 e. The Hall–Kier alpha value is -1.75. The van der Waals surface area contributed by atoms with Crippen LogP contribution in [0.25, 0.3) is 5.82 Å². The molecule has 0 spiro atoms. The van der Waals surface area contributed by atoms with Crippen LogP contribution in [0.15, 0.2) is 18.7 Å². The molecule has 5 nitrogen and oxygen atoms in total. The van der Waals surface area contributed by atoms with Crippen LogP contribution in [0, 0.1) is 13.8 Å². The lowest BCUT2D eigenvalue weighted by Crippen LogP contribution is -2.16. The molecule has 5 heteroatoms. The summed E-state index contributed by atoms with van der Waals surface area (Å²) in [5, 5.41) is 7.48. The first-order valence-electron chi connectivity index (χ1n) is 5.75. The van der Waals surface area contributed by atoms with Gasteiger partial charge in [-0.2, -0.15) is 5.10 Å². The minimum absolute atomic E-state index is 0.796. The number of rotatable bonds is 4. The molecule has 0 saturated carbocycles. The second kappa shape index (κ2) is 5.05. The fraction of sp³-hybridized carbons (Fsp3) is 0.417. The van der Waals surface area contributed by atoms with E-state index in [1.54, 1.807) is 11.0 Å². The minimum Gasteiger partial charge on any atom is -0.313 e. The molecule has 0 aliphatic carbocycles. The van der Waals surface area contributed by atoms with Gasteiger partial charge in [0.1, 0.15) is 12.7 Å². The van der Waals surface area contributed by atoms with Crippen molar-refractivity contribution in [1.82, 2.24) is 25.1 Å². The Kier molecular flexibility index (Phi) is 3.49. The van der Waals surface area contributed by atoms with Crippen LogP contribution < -0.4 is 5.32 Å². The summed E-state index contributed by atoms with van der Waals surface area (Å²) in [6, 6.07) is 2.09. The van der Waals surface area contributed by atoms with Gasteiger partial charge in [-0.05, 0) is 32.0 Å². The van der Waals surface area contributed by atoms with Crippen molar-refractivity contribution in [1.29, 1.82) is 0 Å². The highest BCUT2D eigenvalue weighted by molar-refractivity contribution is 5.40. The number of hydrogen-bond acceptors (Lipinski definition) is 4. The molecule has 17 heavy (non-hydrogen) atoms. The zero-order chi connectivity index (χ0) is 12.3. The predicted molar refractivity (Wildman–Crippen MR) is 66.0 cm³/mol. The molecule has 2 rings (SSSR count). The SMILES string of the molecule is CCNCc1c(C)cc(C)nc1-n1cncn1. The highest BCUT2D eigenvalue weighted by Crippen LogP contribution is 2.16. The lowest BCUT2D eigenvalue weighted by molar-refractivity contribution is 0.704. The standard InChI is InChI=1S/C12H17N5/c1-4-13-6-11-9(2)5-10(3)16-12(11)17-8-14-7-15-17/h5,7-8,13H,4,6H2,1-3H3. The van der Waals surface area contributed by atoms with Crippen LogP contribution in [-0.2, 0) is 6.54 Å². The summed E-state index contributed by atoms with van der Waals surface area (Å²) < 4.78 is 1.71. The molecule has 0 aliphatic heterocycles. The molecule has 0 saturated heterocycles. The first kappa shape index (κ1) is 11.7. The topological polar surface area (TPSA) is 55.6 Å². The Morgan fingerprint density at radius 2 is 2.18 bits per heavy atom. The maximum atomic E-state index is 4.55. The zero-order valence-corrected chi connectivity index (χ0v) is 10.4. The second-order valence-corrected chi connectivity index (χ2v) is 4.00. The van der Waals surface area contributed by atoms with E-state index in [4.69, 9.17) is 0 Å². The third-order valence-electron chi connectivity index (χ3n) is 2.64. The van der Waals surface area contributed by atoms with Gasteiger partial charge in [-0.1, -0.05) is 6.92 Å². The molecule has 90 valence electrons. The predicted octanol–water partition coefficient (Wildman–Crippen LogP) is 1.39. The van der Waals surface area contributed by atoms with Crippen LogP contribution in [0.4, 0.5) is 0 Å². The highest BCUT2D eigenvalue weighted by atomic mass is 15.3. The normalized spacial score (nSPS) is 10.8. The molecule has 0 atom stereocenters. The molecule has 0 amide bonds. The maximum absolute atomic E-state index is 4.55. The quantitative estimate of drug-likeness (QED) is 0.864. The number of nitrogens with one attached hydrogen (secondary N) is 1. The Morgan fingerprint density at radius 3 is 2.82 bits per heavy atom. The van der Waals surface area contributed by atoms with Crippen LogP contribution in [0.1, 0.15) is 23.7 Å². The van der Waals surface area contributed by atoms with E-state index in [9.17, 15) is 0 Å². The average molecular weight is 231 g/mol. The molecule has 0 aliphatic rings. The van der Waals surface area contributed by atoms with E-state index in [-0.39, 0.29) is 0 Å². The van der Waals surface area contributed by atoms with Gasteiger partial charge in [-0.25, -0.2) is 14.6 Å². The summed E-state index contributed by atoms with van der Waals surface area (Å²) in [6.07, 6.45) is 3.20. The van der Waals surface area contributed by atoms with E-state index in [1.165, 1.54) is 17.5 Å². The lowest BCUT2D eigenvalue weighted by atomic mass is 10.1. The molecular formula is C12H17N5. The molecule has 0 bridgehead atoms. The van der Waals surface area contributed by atoms with Crippen LogP contribution in [0.3, 0.4) is 0 Å². The van der Waals surface area contributed by atoms with Crippen LogP contribution in [0.2, 0.25) is 0 Å². The van der Waals surface area contributed by atoms with Crippen LogP contribution in [-0.4, -0.2) is 26.3 Å². The van der Waals surface area contributed by atoms with E-state index in [0.29, 0.717) is 0 Å². The average Bonchev–Trinajstić information content (AvgIpc) is 2.80. The molecule has 2 heterocycles. The summed E-state index contributed by atoms with van der Waals surface area (Å²) in [5.41, 5.74) is 3.39. The first-order valence-corrected chi connectivity index (χ1v) is 5.75. The monoisotopic (exact) mass is 231 g/mol. The van der Waals surface area contributed by atoms with Crippen molar-refractivity contribution in [2.24, 2.45) is 0 Å². The first-order chi connectivity index (χ1) is 8.22. The van der Waals surface area contributed by atoms with Gasteiger partial charge in [0.25, 0.3) is 0 Å². The number of pyridine rings is 1. The van der Waals surface area contributed by atoms with Crippen molar-refractivity contribution < 1.29 is 0 Å². The van der Waals surface area contributed by atoms with E-state index < -0.39 is 0 Å². The minimum atomic E-state index is 0.796.